The first kappa shape index (κ1) is 63.2. The minimum atomic E-state index is -4.34. The van der Waals surface area contributed by atoms with E-state index in [2.05, 4.69) is 35.9 Å². The van der Waals surface area contributed by atoms with Gasteiger partial charge >= 0.3 is 25.1 Å². The maximum Gasteiger partial charge on any atom is 0.459 e. The minimum Gasteiger partial charge on any atom is -0.468 e. The van der Waals surface area contributed by atoms with E-state index in [4.69, 9.17) is 42.0 Å². The zero-order valence-electron chi connectivity index (χ0n) is 47.6. The summed E-state index contributed by atoms with van der Waals surface area (Å²) in [5, 5.41) is 6.61. The van der Waals surface area contributed by atoms with Gasteiger partial charge in [0.25, 0.3) is 21.2 Å². The fourth-order valence-electron chi connectivity index (χ4n) is 8.98. The third-order valence-corrected chi connectivity index (χ3v) is 27.2. The Morgan fingerprint density at radius 3 is 1.97 bits per heavy atom. The van der Waals surface area contributed by atoms with Crippen LogP contribution in [0.15, 0.2) is 78.1 Å². The number of hydrogen-bond acceptors (Lipinski definition) is 18. The second kappa shape index (κ2) is 24.2. The van der Waals surface area contributed by atoms with Crippen LogP contribution in [0.5, 0.6) is 5.75 Å². The molecule has 3 aromatic rings. The lowest BCUT2D eigenvalue weighted by molar-refractivity contribution is -0.142. The Morgan fingerprint density at radius 2 is 1.46 bits per heavy atom. The summed E-state index contributed by atoms with van der Waals surface area (Å²) in [6, 6.07) is 6.04. The predicted octanol–water partition coefficient (Wildman–Crippen LogP) is 6.74. The Labute approximate surface area is 462 Å². The van der Waals surface area contributed by atoms with Gasteiger partial charge < -0.3 is 33.3 Å². The molecule has 0 amide bonds. The molecular formula is C50H78N9O16PSSi2. The fraction of sp³-hybridized carbons (Fsp3) is 0.660. The van der Waals surface area contributed by atoms with Crippen molar-refractivity contribution in [2.24, 2.45) is 10.8 Å². The van der Waals surface area contributed by atoms with Crippen molar-refractivity contribution < 1.29 is 54.1 Å². The molecule has 0 aliphatic carbocycles. The molecule has 0 bridgehead atoms. The molecule has 438 valence electrons. The smallest absolute Gasteiger partial charge is 0.459 e. The van der Waals surface area contributed by atoms with E-state index < -0.39 is 123 Å². The highest BCUT2D eigenvalue weighted by Crippen LogP contribution is 2.52. The number of nitrogens with two attached hydrogens (primary N) is 1. The molecule has 25 nitrogen and oxygen atoms in total. The monoisotopic (exact) mass is 1180 g/mol. The van der Waals surface area contributed by atoms with Crippen LogP contribution in [0.1, 0.15) is 104 Å². The summed E-state index contributed by atoms with van der Waals surface area (Å²) in [7, 11) is -12.8. The number of methoxy groups -OCH3 is 1. The zero-order valence-corrected chi connectivity index (χ0v) is 51.3. The van der Waals surface area contributed by atoms with Gasteiger partial charge in [-0.2, -0.15) is 13.5 Å². The zero-order chi connectivity index (χ0) is 58.8. The number of rotatable bonds is 23. The summed E-state index contributed by atoms with van der Waals surface area (Å²) in [4.78, 5) is 71.2. The van der Waals surface area contributed by atoms with Crippen LogP contribution in [0.25, 0.3) is 10.4 Å². The van der Waals surface area contributed by atoms with Crippen molar-refractivity contribution in [1.29, 1.82) is 0 Å². The number of unbranched alkanes of at least 4 members (excludes halogenated alkanes) is 3. The fourth-order valence-corrected chi connectivity index (χ4v) is 14.0. The van der Waals surface area contributed by atoms with Crippen molar-refractivity contribution in [2.75, 3.05) is 20.3 Å². The molecule has 0 saturated carbocycles. The van der Waals surface area contributed by atoms with E-state index in [9.17, 15) is 42.5 Å². The van der Waals surface area contributed by atoms with Crippen LogP contribution in [-0.4, -0.2) is 106 Å². The van der Waals surface area contributed by atoms with Crippen LogP contribution >= 0.6 is 7.75 Å². The lowest BCUT2D eigenvalue weighted by Gasteiger charge is -2.43. The standard InChI is InChI=1S/C50H78N9O16PSSi2/c1-32-27-58(40-26-36(53-55-52)37(71-40)29-69-76(65,54-34(3)45(62)68-10)73-35-22-18-17-19-23-35)46(63)56(42(32)60)24-20-15-16-21-25-57-43(61)33(2)28-59(47(57)64)44-41(74-79(13,14)49(7,8)9)50(38(51)31-77(66,67)75-50)39(72-44)30-70-78(11,12)48(4,5)6/h17-19,22-23,27-28,31,34,36-37,39-41,44H,15-16,20-21,24-26,29-30,51H2,1-14H3,(H,54,65)/t34?,36-,37+,39?,40+,41-,44+,50?,76?/m0/s1. The second-order valence-corrected chi connectivity index (χ2v) is 36.0. The van der Waals surface area contributed by atoms with Gasteiger partial charge in [0.15, 0.2) is 28.5 Å². The average Bonchev–Trinajstić information content (AvgIpc) is 4.22. The van der Waals surface area contributed by atoms with Crippen LogP contribution in [0.2, 0.25) is 36.3 Å². The number of aryl methyl sites for hydroxylation is 2. The van der Waals surface area contributed by atoms with Crippen molar-refractivity contribution in [3.63, 3.8) is 0 Å². The third-order valence-electron chi connectivity index (χ3n) is 15.6. The highest BCUT2D eigenvalue weighted by atomic mass is 32.2. The number of benzene rings is 1. The maximum atomic E-state index is 14.7. The number of carbonyl (C=O) groups excluding carboxylic acids is 1. The van der Waals surface area contributed by atoms with E-state index in [1.54, 1.807) is 32.0 Å². The molecule has 6 rings (SSSR count). The summed E-state index contributed by atoms with van der Waals surface area (Å²) >= 11 is 0. The number of ether oxygens (including phenoxy) is 3. The summed E-state index contributed by atoms with van der Waals surface area (Å²) in [6.07, 6.45) is -1.51. The summed E-state index contributed by atoms with van der Waals surface area (Å²) in [6.45, 7) is 24.1. The van der Waals surface area contributed by atoms with Crippen LogP contribution in [-0.2, 0) is 64.3 Å². The van der Waals surface area contributed by atoms with E-state index in [1.807, 2.05) is 47.0 Å². The molecule has 9 atom stereocenters. The molecule has 1 aromatic carbocycles. The topological polar surface area (TPSA) is 317 Å². The predicted molar refractivity (Wildman–Crippen MR) is 299 cm³/mol. The molecule has 2 aromatic heterocycles. The quantitative estimate of drug-likeness (QED) is 0.0145. The van der Waals surface area contributed by atoms with Gasteiger partial charge in [-0.1, -0.05) is 77.7 Å². The van der Waals surface area contributed by atoms with Gasteiger partial charge in [-0.15, -0.1) is 0 Å². The van der Waals surface area contributed by atoms with Crippen molar-refractivity contribution >= 4 is 40.5 Å². The maximum absolute atomic E-state index is 14.7. The minimum absolute atomic E-state index is 0.00565. The van der Waals surface area contributed by atoms with Gasteiger partial charge in [-0.05, 0) is 87.5 Å². The lowest BCUT2D eigenvalue weighted by atomic mass is 9.89. The molecule has 29 heteroatoms. The van der Waals surface area contributed by atoms with Crippen molar-refractivity contribution in [1.82, 2.24) is 23.4 Å². The second-order valence-electron chi connectivity index (χ2n) is 23.4. The van der Waals surface area contributed by atoms with E-state index in [1.165, 1.54) is 47.7 Å². The van der Waals surface area contributed by atoms with Crippen LogP contribution in [0.4, 0.5) is 0 Å². The molecule has 3 aliphatic heterocycles. The van der Waals surface area contributed by atoms with E-state index >= 15 is 0 Å². The Morgan fingerprint density at radius 1 is 0.899 bits per heavy atom. The Bertz CT molecular complexity index is 3220. The number of hydrogen-bond donors (Lipinski definition) is 2. The van der Waals surface area contributed by atoms with Gasteiger partial charge in [0.05, 0.1) is 43.6 Å². The highest BCUT2D eigenvalue weighted by molar-refractivity contribution is 7.90. The number of nitrogens with one attached hydrogen (secondary N) is 1. The highest BCUT2D eigenvalue weighted by Gasteiger charge is 2.67. The molecule has 5 heterocycles. The van der Waals surface area contributed by atoms with Gasteiger partial charge in [0.1, 0.15) is 30.2 Å². The normalized spacial score (nSPS) is 24.5. The van der Waals surface area contributed by atoms with Gasteiger partial charge in [-0.25, -0.2) is 18.3 Å². The van der Waals surface area contributed by atoms with E-state index in [0.717, 1.165) is 14.5 Å². The molecule has 79 heavy (non-hydrogen) atoms. The van der Waals surface area contributed by atoms with E-state index in [-0.39, 0.29) is 53.7 Å². The van der Waals surface area contributed by atoms with Gasteiger partial charge in [-0.3, -0.25) is 37.2 Å². The summed E-state index contributed by atoms with van der Waals surface area (Å²) in [5.74, 6) is -0.574. The van der Waals surface area contributed by atoms with Crippen molar-refractivity contribution in [3.8, 4) is 5.75 Å². The number of carbonyl (C=O) groups is 1. The molecule has 3 aliphatic rings. The molecule has 2 saturated heterocycles. The number of aromatic nitrogens is 4. The van der Waals surface area contributed by atoms with Crippen LogP contribution in [0, 0.1) is 13.8 Å². The summed E-state index contributed by atoms with van der Waals surface area (Å²) < 4.78 is 94.2. The van der Waals surface area contributed by atoms with Crippen LogP contribution in [0.3, 0.4) is 0 Å². The van der Waals surface area contributed by atoms with E-state index in [0.29, 0.717) is 25.7 Å². The Kier molecular flexibility index (Phi) is 19.4. The van der Waals surface area contributed by atoms with Gasteiger partial charge in [0.2, 0.25) is 0 Å². The number of para-hydroxylation sites is 1. The summed E-state index contributed by atoms with van der Waals surface area (Å²) in [5.41, 5.74) is 12.0. The Hall–Kier alpha value is -4.97. The van der Waals surface area contributed by atoms with Crippen LogP contribution < -0.4 is 37.8 Å². The number of nitrogens with zero attached hydrogens (tertiary/aromatic N) is 7. The molecule has 2 fully saturated rings. The first-order valence-corrected chi connectivity index (χ1v) is 35.1. The average molecular weight is 1180 g/mol. The largest absolute Gasteiger partial charge is 0.468 e. The first-order chi connectivity index (χ1) is 36.6. The van der Waals surface area contributed by atoms with Gasteiger partial charge in [0, 0.05) is 47.9 Å². The molecule has 0 radical (unpaired) electrons. The SMILES string of the molecule is COC(=O)C(C)NP(=O)(OC[C@H]1O[C@@H](n2cc(C)c(=O)n(CCCCCCn3c(=O)c(C)cn([C@@H]4OC(CO[Si](C)(C)C(C)(C)C)C5(OS(=O)(=O)C=C5N)[C@H]4O[Si](C)(C)C(C)(C)C)c3=O)c2=O)C[C@@H]1N=[N+]=[N-])Oc1ccccc1. The Balaban J connectivity index is 1.18. The molecular weight excluding hydrogens is 1100 g/mol. The van der Waals surface area contributed by atoms with Crippen molar-refractivity contribution in [2.45, 2.75) is 192 Å². The number of esters is 1. The number of azide groups is 1. The first-order valence-electron chi connectivity index (χ1n) is 26.2. The third kappa shape index (κ3) is 13.9. The molecule has 1 spiro atoms. The lowest BCUT2D eigenvalue weighted by Crippen LogP contribution is -2.59. The van der Waals surface area contributed by atoms with Crippen molar-refractivity contribution in [3.05, 3.63) is 117 Å². The molecule has 4 unspecified atom stereocenters. The molecule has 3 N–H and O–H groups in total.